The molecule has 4 rings (SSSR count). The van der Waals surface area contributed by atoms with E-state index in [0.717, 1.165) is 10.0 Å². The number of nitrogens with zero attached hydrogens (tertiary/aromatic N) is 2. The molecule has 3 heterocycles. The van der Waals surface area contributed by atoms with E-state index in [1.54, 1.807) is 24.4 Å². The third-order valence-electron chi connectivity index (χ3n) is 3.61. The summed E-state index contributed by atoms with van der Waals surface area (Å²) in [5, 5.41) is 9.80. The summed E-state index contributed by atoms with van der Waals surface area (Å²) in [5.74, 6) is 1.17. The summed E-state index contributed by atoms with van der Waals surface area (Å²) < 4.78 is 12.0. The molecular formula is C14H10BrN3O3. The fraction of sp³-hybridized carbons (Fsp3) is 0.143. The summed E-state index contributed by atoms with van der Waals surface area (Å²) in [6, 6.07) is 6.84. The molecule has 0 aliphatic carbocycles. The van der Waals surface area contributed by atoms with E-state index in [2.05, 4.69) is 25.9 Å². The van der Waals surface area contributed by atoms with Crippen LogP contribution < -0.4 is 10.5 Å². The van der Waals surface area contributed by atoms with Crippen LogP contribution in [-0.2, 0) is 10.3 Å². The molecule has 1 aromatic carbocycles. The third kappa shape index (κ3) is 1.70. The predicted molar refractivity (Wildman–Crippen MR) is 78.5 cm³/mol. The molecule has 2 aromatic rings. The Hall–Kier alpha value is -2.28. The second-order valence-electron chi connectivity index (χ2n) is 4.89. The lowest BCUT2D eigenvalue weighted by Crippen LogP contribution is -2.31. The fourth-order valence-corrected chi connectivity index (χ4v) is 3.02. The lowest BCUT2D eigenvalue weighted by molar-refractivity contribution is 0.262. The number of pyridine rings is 1. The first-order valence-corrected chi connectivity index (χ1v) is 7.03. The number of ether oxygens (including phenoxy) is 2. The van der Waals surface area contributed by atoms with Crippen molar-refractivity contribution < 1.29 is 14.6 Å². The van der Waals surface area contributed by atoms with Crippen molar-refractivity contribution in [2.24, 2.45) is 10.7 Å². The zero-order valence-electron chi connectivity index (χ0n) is 10.7. The second kappa shape index (κ2) is 4.11. The molecular weight excluding hydrogens is 338 g/mol. The van der Waals surface area contributed by atoms with Gasteiger partial charge >= 0.3 is 0 Å². The third-order valence-corrected chi connectivity index (χ3v) is 4.04. The molecule has 1 unspecified atom stereocenters. The monoisotopic (exact) mass is 347 g/mol. The zero-order valence-corrected chi connectivity index (χ0v) is 12.3. The molecule has 7 heteroatoms. The van der Waals surface area contributed by atoms with Gasteiger partial charge in [-0.1, -0.05) is 0 Å². The van der Waals surface area contributed by atoms with E-state index in [-0.39, 0.29) is 18.4 Å². The zero-order chi connectivity index (χ0) is 14.6. The summed E-state index contributed by atoms with van der Waals surface area (Å²) >= 11 is 3.40. The standard InChI is InChI=1S/C14H10BrN3O3/c15-7-3-10-12(17-5-7)21-11-2-1-8(19)4-9(11)14(10)6-20-13(16)18-14/h1-5,19H,6H2,(H2,16,18). The van der Waals surface area contributed by atoms with Crippen LogP contribution in [0.2, 0.25) is 0 Å². The Bertz CT molecular complexity index is 740. The SMILES string of the molecule is NC1=NC2(CO1)c1cc(O)ccc1Oc1ncc(Br)cc12. The highest BCUT2D eigenvalue weighted by molar-refractivity contribution is 9.10. The van der Waals surface area contributed by atoms with Crippen LogP contribution in [0.1, 0.15) is 11.1 Å². The van der Waals surface area contributed by atoms with Crippen LogP contribution in [0, 0.1) is 0 Å². The number of fused-ring (bicyclic) bond motifs is 4. The maximum Gasteiger partial charge on any atom is 0.283 e. The minimum atomic E-state index is -0.845. The molecule has 0 fully saturated rings. The molecule has 2 aliphatic rings. The summed E-state index contributed by atoms with van der Waals surface area (Å²) in [6.07, 6.45) is 1.65. The number of aromatic nitrogens is 1. The van der Waals surface area contributed by atoms with E-state index in [9.17, 15) is 5.11 Å². The molecule has 0 radical (unpaired) electrons. The maximum atomic E-state index is 9.80. The lowest BCUT2D eigenvalue weighted by Gasteiger charge is -2.32. The van der Waals surface area contributed by atoms with Crippen LogP contribution in [0.5, 0.6) is 17.4 Å². The van der Waals surface area contributed by atoms with Crippen LogP contribution in [-0.4, -0.2) is 22.7 Å². The average Bonchev–Trinajstić information content (AvgIpc) is 2.84. The van der Waals surface area contributed by atoms with Crippen LogP contribution in [0.15, 0.2) is 39.9 Å². The molecule has 21 heavy (non-hydrogen) atoms. The average molecular weight is 348 g/mol. The van der Waals surface area contributed by atoms with Crippen molar-refractivity contribution in [1.29, 1.82) is 0 Å². The normalized spacial score (nSPS) is 22.0. The van der Waals surface area contributed by atoms with E-state index in [0.29, 0.717) is 17.2 Å². The number of amidine groups is 1. The summed E-state index contributed by atoms with van der Waals surface area (Å²) in [7, 11) is 0. The Kier molecular flexibility index (Phi) is 2.44. The van der Waals surface area contributed by atoms with Crippen molar-refractivity contribution in [2.75, 3.05) is 6.61 Å². The van der Waals surface area contributed by atoms with Gasteiger partial charge in [0.05, 0.1) is 5.56 Å². The number of benzene rings is 1. The first-order valence-electron chi connectivity index (χ1n) is 6.24. The topological polar surface area (TPSA) is 90.0 Å². The number of halogens is 1. The van der Waals surface area contributed by atoms with Gasteiger partial charge in [0.25, 0.3) is 6.02 Å². The van der Waals surface area contributed by atoms with Crippen molar-refractivity contribution in [3.05, 3.63) is 46.1 Å². The van der Waals surface area contributed by atoms with Gasteiger partial charge in [0.1, 0.15) is 18.1 Å². The molecule has 1 spiro atoms. The molecule has 2 aliphatic heterocycles. The number of nitrogens with two attached hydrogens (primary N) is 1. The van der Waals surface area contributed by atoms with Crippen LogP contribution in [0.25, 0.3) is 0 Å². The fourth-order valence-electron chi connectivity index (χ4n) is 2.69. The van der Waals surface area contributed by atoms with Gasteiger partial charge in [0, 0.05) is 16.2 Å². The number of aliphatic imine (C=N–C) groups is 1. The van der Waals surface area contributed by atoms with Gasteiger partial charge in [-0.15, -0.1) is 0 Å². The first-order chi connectivity index (χ1) is 10.1. The van der Waals surface area contributed by atoms with Gasteiger partial charge in [0.2, 0.25) is 5.88 Å². The highest BCUT2D eigenvalue weighted by atomic mass is 79.9. The van der Waals surface area contributed by atoms with Crippen molar-refractivity contribution in [3.63, 3.8) is 0 Å². The number of aromatic hydroxyl groups is 1. The van der Waals surface area contributed by atoms with Gasteiger partial charge in [0.15, 0.2) is 5.54 Å². The molecule has 106 valence electrons. The highest BCUT2D eigenvalue weighted by Gasteiger charge is 2.47. The number of phenolic OH excluding ortho intramolecular Hbond substituents is 1. The molecule has 0 amide bonds. The minimum absolute atomic E-state index is 0.108. The van der Waals surface area contributed by atoms with E-state index in [1.165, 1.54) is 0 Å². The van der Waals surface area contributed by atoms with Crippen LogP contribution in [0.4, 0.5) is 0 Å². The van der Waals surface area contributed by atoms with Crippen molar-refractivity contribution in [2.45, 2.75) is 5.54 Å². The smallest absolute Gasteiger partial charge is 0.283 e. The van der Waals surface area contributed by atoms with Gasteiger partial charge < -0.3 is 20.3 Å². The molecule has 0 saturated carbocycles. The lowest BCUT2D eigenvalue weighted by atomic mass is 9.82. The number of hydrogen-bond donors (Lipinski definition) is 2. The van der Waals surface area contributed by atoms with E-state index in [4.69, 9.17) is 15.2 Å². The number of hydrogen-bond acceptors (Lipinski definition) is 6. The van der Waals surface area contributed by atoms with Crippen LogP contribution in [0.3, 0.4) is 0 Å². The molecule has 0 saturated heterocycles. The largest absolute Gasteiger partial charge is 0.508 e. The Morgan fingerprint density at radius 3 is 2.90 bits per heavy atom. The van der Waals surface area contributed by atoms with Gasteiger partial charge in [-0.3, -0.25) is 0 Å². The van der Waals surface area contributed by atoms with Gasteiger partial charge in [-0.25, -0.2) is 9.98 Å². The van der Waals surface area contributed by atoms with E-state index < -0.39 is 5.54 Å². The van der Waals surface area contributed by atoms with Crippen molar-refractivity contribution >= 4 is 22.0 Å². The van der Waals surface area contributed by atoms with Crippen LogP contribution >= 0.6 is 15.9 Å². The highest BCUT2D eigenvalue weighted by Crippen LogP contribution is 2.51. The van der Waals surface area contributed by atoms with E-state index in [1.807, 2.05) is 6.07 Å². The van der Waals surface area contributed by atoms with Gasteiger partial charge in [-0.2, -0.15) is 0 Å². The van der Waals surface area contributed by atoms with E-state index >= 15 is 0 Å². The Morgan fingerprint density at radius 2 is 2.14 bits per heavy atom. The molecule has 0 bridgehead atoms. The van der Waals surface area contributed by atoms with Gasteiger partial charge in [-0.05, 0) is 40.2 Å². The summed E-state index contributed by atoms with van der Waals surface area (Å²) in [6.45, 7) is 0.240. The molecule has 1 aromatic heterocycles. The maximum absolute atomic E-state index is 9.80. The quantitative estimate of drug-likeness (QED) is 0.762. The Morgan fingerprint density at radius 1 is 1.29 bits per heavy atom. The molecule has 3 N–H and O–H groups in total. The number of rotatable bonds is 0. The van der Waals surface area contributed by atoms with Crippen molar-refractivity contribution in [1.82, 2.24) is 4.98 Å². The molecule has 1 atom stereocenters. The minimum Gasteiger partial charge on any atom is -0.508 e. The number of phenols is 1. The molecule has 6 nitrogen and oxygen atoms in total. The second-order valence-corrected chi connectivity index (χ2v) is 5.80. The summed E-state index contributed by atoms with van der Waals surface area (Å²) in [5.41, 5.74) is 6.33. The predicted octanol–water partition coefficient (Wildman–Crippen LogP) is 2.24. The summed E-state index contributed by atoms with van der Waals surface area (Å²) in [4.78, 5) is 8.75. The Balaban J connectivity index is 2.05. The first kappa shape index (κ1) is 12.5. The Labute approximate surface area is 128 Å². The van der Waals surface area contributed by atoms with Crippen molar-refractivity contribution in [3.8, 4) is 17.4 Å².